The smallest absolute Gasteiger partial charge is 0.335 e. The van der Waals surface area contributed by atoms with Gasteiger partial charge < -0.3 is 33.6 Å². The molecule has 3 aliphatic carbocycles. The van der Waals surface area contributed by atoms with Gasteiger partial charge in [0, 0.05) is 39.6 Å². The van der Waals surface area contributed by atoms with Crippen LogP contribution in [0.5, 0.6) is 0 Å². The van der Waals surface area contributed by atoms with E-state index in [0.717, 1.165) is 7.11 Å². The molecule has 11 heteroatoms. The van der Waals surface area contributed by atoms with Gasteiger partial charge in [-0.25, -0.2) is 4.79 Å². The number of ketones is 1. The topological polar surface area (TPSA) is 162 Å². The molecular weight excluding hydrogens is 548 g/mol. The number of fused-ring (bicyclic) bond motifs is 5. The summed E-state index contributed by atoms with van der Waals surface area (Å²) < 4.78 is 28.6. The van der Waals surface area contributed by atoms with Crippen LogP contribution >= 0.6 is 0 Å². The van der Waals surface area contributed by atoms with Gasteiger partial charge >= 0.3 is 17.9 Å². The summed E-state index contributed by atoms with van der Waals surface area (Å²) >= 11 is 0. The molecule has 6 rings (SSSR count). The van der Waals surface area contributed by atoms with Gasteiger partial charge in [0.1, 0.15) is 23.9 Å². The van der Waals surface area contributed by atoms with Crippen molar-refractivity contribution in [3.63, 3.8) is 0 Å². The molecule has 11 nitrogen and oxygen atoms in total. The van der Waals surface area contributed by atoms with Gasteiger partial charge in [0.15, 0.2) is 17.5 Å². The highest BCUT2D eigenvalue weighted by molar-refractivity contribution is 5.99. The zero-order chi connectivity index (χ0) is 30.8. The van der Waals surface area contributed by atoms with Gasteiger partial charge in [0.05, 0.1) is 32.0 Å². The molecular formula is C31H40O11. The molecule has 1 aromatic rings. The average molecular weight is 589 g/mol. The van der Waals surface area contributed by atoms with Crippen LogP contribution in [-0.4, -0.2) is 70.5 Å². The average Bonchev–Trinajstić information content (AvgIpc) is 3.41. The van der Waals surface area contributed by atoms with E-state index in [-0.39, 0.29) is 6.42 Å². The minimum atomic E-state index is -2.30. The number of hydrogen-bond acceptors (Lipinski definition) is 11. The van der Waals surface area contributed by atoms with Gasteiger partial charge in [-0.1, -0.05) is 41.5 Å². The van der Waals surface area contributed by atoms with Crippen LogP contribution in [0.3, 0.4) is 0 Å². The highest BCUT2D eigenvalue weighted by atomic mass is 16.6. The fourth-order valence-corrected chi connectivity index (χ4v) is 9.89. The van der Waals surface area contributed by atoms with Crippen molar-refractivity contribution in [1.29, 1.82) is 0 Å². The molecule has 230 valence electrons. The number of methoxy groups -OCH3 is 1. The van der Waals surface area contributed by atoms with Crippen molar-refractivity contribution >= 4 is 23.7 Å². The molecule has 0 radical (unpaired) electrons. The Morgan fingerprint density at radius 2 is 1.79 bits per heavy atom. The number of esters is 3. The molecule has 5 fully saturated rings. The summed E-state index contributed by atoms with van der Waals surface area (Å²) in [7, 11) is 1.15. The predicted octanol–water partition coefficient (Wildman–Crippen LogP) is 2.52. The van der Waals surface area contributed by atoms with Gasteiger partial charge in [-0.05, 0) is 18.9 Å². The quantitative estimate of drug-likeness (QED) is 0.295. The molecule has 3 heterocycles. The minimum Gasteiger partial charge on any atom is -0.472 e. The van der Waals surface area contributed by atoms with E-state index in [9.17, 15) is 29.4 Å². The summed E-state index contributed by atoms with van der Waals surface area (Å²) in [5.74, 6) is -5.42. The SMILES string of the molecule is COC(=O)[C@H](O)[C@H]1C(C)(C)[C@H](OC(=O)C(C)C)[C@@]2(O)C(=O)[C@]1(C)[C@@H]1CC[C@]3(C)[C@@H](CC(=O)O[C@H]3c3ccoc3)[C@]13O[C@H]23. The number of epoxide rings is 1. The third kappa shape index (κ3) is 3.33. The van der Waals surface area contributed by atoms with Crippen LogP contribution in [0.2, 0.25) is 0 Å². The lowest BCUT2D eigenvalue weighted by atomic mass is 9.36. The molecule has 42 heavy (non-hydrogen) atoms. The van der Waals surface area contributed by atoms with Crippen LogP contribution in [0.15, 0.2) is 23.0 Å². The molecule has 2 bridgehead atoms. The van der Waals surface area contributed by atoms with Crippen LogP contribution in [0.1, 0.15) is 72.5 Å². The number of ether oxygens (including phenoxy) is 4. The second kappa shape index (κ2) is 8.89. The zero-order valence-electron chi connectivity index (χ0n) is 25.0. The lowest BCUT2D eigenvalue weighted by Crippen LogP contribution is -2.81. The number of hydrogen-bond donors (Lipinski definition) is 2. The summed E-state index contributed by atoms with van der Waals surface area (Å²) in [5, 5.41) is 24.1. The first-order chi connectivity index (χ1) is 19.5. The number of carbonyl (C=O) groups excluding carboxylic acids is 4. The van der Waals surface area contributed by atoms with Gasteiger partial charge in [0.25, 0.3) is 0 Å². The number of Topliss-reactive ketones (excluding diaryl/α,β-unsaturated/α-hetero) is 1. The van der Waals surface area contributed by atoms with E-state index < -0.39 is 99.2 Å². The fraction of sp³-hybridized carbons (Fsp3) is 0.742. The molecule has 0 amide bonds. The number of carbonyl (C=O) groups is 4. The van der Waals surface area contributed by atoms with Gasteiger partial charge in [-0.2, -0.15) is 0 Å². The van der Waals surface area contributed by atoms with E-state index >= 15 is 0 Å². The molecule has 3 saturated carbocycles. The Balaban J connectivity index is 1.55. The lowest BCUT2D eigenvalue weighted by Gasteiger charge is -2.67. The Labute approximate surface area is 244 Å². The molecule has 5 aliphatic rings. The number of cyclic esters (lactones) is 1. The van der Waals surface area contributed by atoms with Crippen molar-refractivity contribution in [2.75, 3.05) is 7.11 Å². The van der Waals surface area contributed by atoms with E-state index in [1.54, 1.807) is 46.9 Å². The monoisotopic (exact) mass is 588 g/mol. The van der Waals surface area contributed by atoms with E-state index in [1.165, 1.54) is 6.26 Å². The number of rotatable bonds is 5. The van der Waals surface area contributed by atoms with Crippen LogP contribution in [-0.2, 0) is 38.1 Å². The zero-order valence-corrected chi connectivity index (χ0v) is 25.0. The summed E-state index contributed by atoms with van der Waals surface area (Å²) in [5.41, 5.74) is -6.22. The van der Waals surface area contributed by atoms with Crippen LogP contribution in [0.25, 0.3) is 0 Å². The van der Waals surface area contributed by atoms with Gasteiger partial charge in [0.2, 0.25) is 0 Å². The van der Waals surface area contributed by atoms with E-state index in [1.807, 2.05) is 6.92 Å². The molecule has 0 unspecified atom stereocenters. The Hall–Kier alpha value is -2.76. The Bertz CT molecular complexity index is 1330. The normalized spacial score (nSPS) is 45.6. The van der Waals surface area contributed by atoms with Crippen molar-refractivity contribution in [2.24, 2.45) is 39.9 Å². The third-order valence-corrected chi connectivity index (χ3v) is 11.6. The number of furan rings is 1. The fourth-order valence-electron chi connectivity index (χ4n) is 9.89. The van der Waals surface area contributed by atoms with Crippen molar-refractivity contribution in [2.45, 2.75) is 96.4 Å². The lowest BCUT2D eigenvalue weighted by molar-refractivity contribution is -0.261. The summed E-state index contributed by atoms with van der Waals surface area (Å²) in [6.45, 7) is 10.3. The molecule has 0 aromatic carbocycles. The van der Waals surface area contributed by atoms with E-state index in [0.29, 0.717) is 18.4 Å². The number of aliphatic hydroxyl groups excluding tert-OH is 1. The first kappa shape index (κ1) is 29.3. The highest BCUT2D eigenvalue weighted by Crippen LogP contribution is 2.78. The first-order valence-corrected chi connectivity index (χ1v) is 14.7. The molecule has 2 N–H and O–H groups in total. The Kier molecular flexibility index (Phi) is 6.20. The second-order valence-electron chi connectivity index (χ2n) is 14.3. The maximum Gasteiger partial charge on any atom is 0.335 e. The first-order valence-electron chi connectivity index (χ1n) is 14.7. The van der Waals surface area contributed by atoms with Crippen molar-refractivity contribution in [3.8, 4) is 0 Å². The molecule has 1 spiro atoms. The highest BCUT2D eigenvalue weighted by Gasteiger charge is 2.91. The molecule has 2 aliphatic heterocycles. The predicted molar refractivity (Wildman–Crippen MR) is 142 cm³/mol. The van der Waals surface area contributed by atoms with Gasteiger partial charge in [-0.3, -0.25) is 14.4 Å². The van der Waals surface area contributed by atoms with Crippen LogP contribution in [0, 0.1) is 39.9 Å². The molecule has 11 atom stereocenters. The summed E-state index contributed by atoms with van der Waals surface area (Å²) in [6.07, 6.45) is -0.922. The maximum absolute atomic E-state index is 14.7. The number of aliphatic hydroxyl groups is 2. The largest absolute Gasteiger partial charge is 0.472 e. The Morgan fingerprint density at radius 3 is 2.38 bits per heavy atom. The minimum absolute atomic E-state index is 0.0116. The van der Waals surface area contributed by atoms with Crippen molar-refractivity contribution < 1.29 is 52.8 Å². The van der Waals surface area contributed by atoms with Gasteiger partial charge in [-0.15, -0.1) is 0 Å². The summed E-state index contributed by atoms with van der Waals surface area (Å²) in [4.78, 5) is 53.8. The third-order valence-electron chi connectivity index (χ3n) is 11.6. The van der Waals surface area contributed by atoms with Crippen LogP contribution < -0.4 is 0 Å². The second-order valence-corrected chi connectivity index (χ2v) is 14.3. The standard InChI is InChI=1S/C31H40O11/c1-14(2)22(34)41-25-27(3,4)20(19(33)23(35)38-7)29(6)16-8-10-28(5)17(31(16)26(42-31)30(25,37)24(29)36)12-18(32)40-21(28)15-9-11-39-13-15/h9,11,13-14,16-17,19-21,25-26,33,37H,8,10,12H2,1-7H3/t16-,17+,19+,20-,21-,25-,26+,28+,29+,30-,31+/m0/s1. The van der Waals surface area contributed by atoms with Crippen molar-refractivity contribution in [1.82, 2.24) is 0 Å². The Morgan fingerprint density at radius 1 is 1.10 bits per heavy atom. The maximum atomic E-state index is 14.7. The van der Waals surface area contributed by atoms with E-state index in [4.69, 9.17) is 23.4 Å². The van der Waals surface area contributed by atoms with E-state index in [2.05, 4.69) is 0 Å². The van der Waals surface area contributed by atoms with Crippen molar-refractivity contribution in [3.05, 3.63) is 24.2 Å². The summed E-state index contributed by atoms with van der Waals surface area (Å²) in [6, 6.07) is 1.75. The van der Waals surface area contributed by atoms with Crippen LogP contribution in [0.4, 0.5) is 0 Å². The molecule has 2 saturated heterocycles. The molecule has 1 aromatic heterocycles.